The van der Waals surface area contributed by atoms with Gasteiger partial charge in [0.1, 0.15) is 11.6 Å². The van der Waals surface area contributed by atoms with E-state index in [1.165, 1.54) is 0 Å². The number of aliphatic carboxylic acids is 1. The normalized spacial score (nSPS) is 18.6. The lowest BCUT2D eigenvalue weighted by Gasteiger charge is -2.18. The third-order valence-corrected chi connectivity index (χ3v) is 3.17. The predicted molar refractivity (Wildman–Crippen MR) is 70.5 cm³/mol. The summed E-state index contributed by atoms with van der Waals surface area (Å²) < 4.78 is 5.41. The highest BCUT2D eigenvalue weighted by molar-refractivity contribution is 5.67. The molecule has 1 saturated heterocycles. The van der Waals surface area contributed by atoms with Gasteiger partial charge in [-0.2, -0.15) is 4.98 Å². The average Bonchev–Trinajstić information content (AvgIpc) is 2.76. The number of hydrogen-bond acceptors (Lipinski definition) is 5. The van der Waals surface area contributed by atoms with E-state index in [1.807, 2.05) is 19.9 Å². The topological polar surface area (TPSA) is 75.5 Å². The summed E-state index contributed by atoms with van der Waals surface area (Å²) in [6.45, 7) is 5.87. The van der Waals surface area contributed by atoms with Gasteiger partial charge in [-0.3, -0.25) is 4.79 Å². The van der Waals surface area contributed by atoms with Crippen molar-refractivity contribution in [2.75, 3.05) is 24.6 Å². The molecule has 0 aliphatic carbocycles. The molecule has 6 heteroatoms. The van der Waals surface area contributed by atoms with Crippen LogP contribution >= 0.6 is 0 Å². The molecule has 1 aromatic rings. The zero-order valence-corrected chi connectivity index (χ0v) is 11.3. The molecule has 1 aliphatic heterocycles. The second-order valence-corrected chi connectivity index (χ2v) is 4.74. The molecule has 1 unspecified atom stereocenters. The first-order valence-electron chi connectivity index (χ1n) is 6.53. The largest absolute Gasteiger partial charge is 0.481 e. The Kier molecular flexibility index (Phi) is 4.19. The summed E-state index contributed by atoms with van der Waals surface area (Å²) in [7, 11) is 0. The van der Waals surface area contributed by atoms with Crippen LogP contribution in [0, 0.1) is 12.8 Å². The Morgan fingerprint density at radius 3 is 3.05 bits per heavy atom. The summed E-state index contributed by atoms with van der Waals surface area (Å²) in [5, 5.41) is 8.82. The maximum Gasteiger partial charge on any atom is 0.303 e. The monoisotopic (exact) mass is 265 g/mol. The molecule has 1 fully saturated rings. The fourth-order valence-electron chi connectivity index (χ4n) is 2.36. The first-order valence-corrected chi connectivity index (χ1v) is 6.53. The average molecular weight is 265 g/mol. The maximum atomic E-state index is 10.7. The van der Waals surface area contributed by atoms with Crippen molar-refractivity contribution in [3.05, 3.63) is 11.9 Å². The third kappa shape index (κ3) is 3.56. The van der Waals surface area contributed by atoms with Crippen molar-refractivity contribution >= 4 is 11.8 Å². The molecular weight excluding hydrogens is 246 g/mol. The number of carbonyl (C=O) groups is 1. The first kappa shape index (κ1) is 13.6. The molecule has 1 aliphatic rings. The molecule has 1 aromatic heterocycles. The minimum atomic E-state index is -0.735. The number of hydrogen-bond donors (Lipinski definition) is 1. The third-order valence-electron chi connectivity index (χ3n) is 3.17. The molecule has 0 amide bonds. The fraction of sp³-hybridized carbons (Fsp3) is 0.615. The van der Waals surface area contributed by atoms with Gasteiger partial charge < -0.3 is 14.7 Å². The summed E-state index contributed by atoms with van der Waals surface area (Å²) in [4.78, 5) is 21.4. The Hall–Kier alpha value is -1.85. The standard InChI is InChI=1S/C13H19N3O3/c1-3-19-12-7-11(14-9(2)15-12)16-5-4-10(8-16)6-13(17)18/h7,10H,3-6,8H2,1-2H3,(H,17,18). The number of nitrogens with zero attached hydrogens (tertiary/aromatic N) is 3. The Morgan fingerprint density at radius 2 is 2.37 bits per heavy atom. The number of aromatic nitrogens is 2. The van der Waals surface area contributed by atoms with Crippen LogP contribution in [0.15, 0.2) is 6.07 Å². The number of ether oxygens (including phenoxy) is 1. The van der Waals surface area contributed by atoms with Gasteiger partial charge in [0.15, 0.2) is 0 Å². The van der Waals surface area contributed by atoms with Crippen LogP contribution in [0.3, 0.4) is 0 Å². The molecule has 6 nitrogen and oxygen atoms in total. The van der Waals surface area contributed by atoms with E-state index in [1.54, 1.807) is 0 Å². The van der Waals surface area contributed by atoms with Crippen LogP contribution in [-0.2, 0) is 4.79 Å². The van der Waals surface area contributed by atoms with E-state index in [-0.39, 0.29) is 12.3 Å². The van der Waals surface area contributed by atoms with E-state index in [0.717, 1.165) is 25.3 Å². The van der Waals surface area contributed by atoms with E-state index in [4.69, 9.17) is 9.84 Å². The van der Waals surface area contributed by atoms with Crippen molar-refractivity contribution in [2.45, 2.75) is 26.7 Å². The van der Waals surface area contributed by atoms with Crippen molar-refractivity contribution in [1.82, 2.24) is 9.97 Å². The van der Waals surface area contributed by atoms with Gasteiger partial charge in [0, 0.05) is 25.6 Å². The van der Waals surface area contributed by atoms with Gasteiger partial charge in [-0.1, -0.05) is 0 Å². The van der Waals surface area contributed by atoms with Gasteiger partial charge in [0.25, 0.3) is 0 Å². The number of carboxylic acid groups (broad SMARTS) is 1. The zero-order chi connectivity index (χ0) is 13.8. The zero-order valence-electron chi connectivity index (χ0n) is 11.3. The van der Waals surface area contributed by atoms with Gasteiger partial charge in [-0.05, 0) is 26.2 Å². The Morgan fingerprint density at radius 1 is 1.58 bits per heavy atom. The van der Waals surface area contributed by atoms with Gasteiger partial charge in [-0.25, -0.2) is 4.98 Å². The quantitative estimate of drug-likeness (QED) is 0.869. The number of anilines is 1. The Labute approximate surface area is 112 Å². The summed E-state index contributed by atoms with van der Waals surface area (Å²) in [5.74, 6) is 1.53. The van der Waals surface area contributed by atoms with Crippen molar-refractivity contribution in [1.29, 1.82) is 0 Å². The first-order chi connectivity index (χ1) is 9.08. The Balaban J connectivity index is 2.08. The van der Waals surface area contributed by atoms with E-state index in [0.29, 0.717) is 18.3 Å². The molecule has 0 spiro atoms. The predicted octanol–water partition coefficient (Wildman–Crippen LogP) is 1.48. The molecule has 0 bridgehead atoms. The number of rotatable bonds is 5. The highest BCUT2D eigenvalue weighted by atomic mass is 16.5. The highest BCUT2D eigenvalue weighted by Gasteiger charge is 2.25. The second-order valence-electron chi connectivity index (χ2n) is 4.74. The summed E-state index contributed by atoms with van der Waals surface area (Å²) >= 11 is 0. The van der Waals surface area contributed by atoms with Crippen molar-refractivity contribution in [3.8, 4) is 5.88 Å². The van der Waals surface area contributed by atoms with E-state index in [2.05, 4.69) is 14.9 Å². The van der Waals surface area contributed by atoms with Crippen LogP contribution in [0.5, 0.6) is 5.88 Å². The van der Waals surface area contributed by atoms with Gasteiger partial charge in [0.05, 0.1) is 6.61 Å². The lowest BCUT2D eigenvalue weighted by Crippen LogP contribution is -2.22. The maximum absolute atomic E-state index is 10.7. The van der Waals surface area contributed by atoms with Crippen LogP contribution in [0.2, 0.25) is 0 Å². The molecule has 2 heterocycles. The van der Waals surface area contributed by atoms with Crippen LogP contribution in [0.4, 0.5) is 5.82 Å². The molecule has 0 aromatic carbocycles. The van der Waals surface area contributed by atoms with Crippen LogP contribution < -0.4 is 9.64 Å². The molecule has 104 valence electrons. The number of aryl methyl sites for hydroxylation is 1. The molecular formula is C13H19N3O3. The molecule has 0 saturated carbocycles. The summed E-state index contributed by atoms with van der Waals surface area (Å²) in [5.41, 5.74) is 0. The molecule has 0 radical (unpaired) electrons. The van der Waals surface area contributed by atoms with Crippen LogP contribution in [-0.4, -0.2) is 40.7 Å². The molecule has 1 atom stereocenters. The van der Waals surface area contributed by atoms with Crippen LogP contribution in [0.1, 0.15) is 25.6 Å². The number of carboxylic acids is 1. The smallest absolute Gasteiger partial charge is 0.303 e. The Bertz CT molecular complexity index is 464. The van der Waals surface area contributed by atoms with Gasteiger partial charge in [-0.15, -0.1) is 0 Å². The van der Waals surface area contributed by atoms with Crippen molar-refractivity contribution in [3.63, 3.8) is 0 Å². The lowest BCUT2D eigenvalue weighted by atomic mass is 10.1. The van der Waals surface area contributed by atoms with Gasteiger partial charge >= 0.3 is 5.97 Å². The van der Waals surface area contributed by atoms with E-state index in [9.17, 15) is 4.79 Å². The summed E-state index contributed by atoms with van der Waals surface area (Å²) in [6, 6.07) is 1.82. The molecule has 2 rings (SSSR count). The molecule has 1 N–H and O–H groups in total. The lowest BCUT2D eigenvalue weighted by molar-refractivity contribution is -0.137. The van der Waals surface area contributed by atoms with E-state index < -0.39 is 5.97 Å². The van der Waals surface area contributed by atoms with Crippen LogP contribution in [0.25, 0.3) is 0 Å². The van der Waals surface area contributed by atoms with Gasteiger partial charge in [0.2, 0.25) is 5.88 Å². The fourth-order valence-corrected chi connectivity index (χ4v) is 2.36. The van der Waals surface area contributed by atoms with E-state index >= 15 is 0 Å². The second kappa shape index (κ2) is 5.86. The summed E-state index contributed by atoms with van der Waals surface area (Å²) in [6.07, 6.45) is 1.11. The van der Waals surface area contributed by atoms with Crippen molar-refractivity contribution in [2.24, 2.45) is 5.92 Å². The minimum Gasteiger partial charge on any atom is -0.481 e. The minimum absolute atomic E-state index is 0.198. The molecule has 19 heavy (non-hydrogen) atoms. The highest BCUT2D eigenvalue weighted by Crippen LogP contribution is 2.26. The van der Waals surface area contributed by atoms with Crippen molar-refractivity contribution < 1.29 is 14.6 Å². The SMILES string of the molecule is CCOc1cc(N2CCC(CC(=O)O)C2)nc(C)n1.